The van der Waals surface area contributed by atoms with Crippen LogP contribution in [0.25, 0.3) is 0 Å². The molecule has 6 heteroatoms. The van der Waals surface area contributed by atoms with Gasteiger partial charge in [-0.25, -0.2) is 8.42 Å². The predicted molar refractivity (Wildman–Crippen MR) is 92.2 cm³/mol. The normalized spacial score (nSPS) is 22.5. The van der Waals surface area contributed by atoms with Gasteiger partial charge in [-0.2, -0.15) is 4.31 Å². The van der Waals surface area contributed by atoms with E-state index in [0.29, 0.717) is 18.0 Å². The number of rotatable bonds is 3. The molecule has 0 bridgehead atoms. The number of hydrogen-bond donors (Lipinski definition) is 0. The van der Waals surface area contributed by atoms with E-state index in [9.17, 15) is 8.42 Å². The Balaban J connectivity index is 1.89. The van der Waals surface area contributed by atoms with Crippen molar-refractivity contribution in [3.05, 3.63) is 59.4 Å². The van der Waals surface area contributed by atoms with Crippen LogP contribution in [0.4, 0.5) is 0 Å². The maximum atomic E-state index is 12.9. The van der Waals surface area contributed by atoms with Crippen LogP contribution in [-0.4, -0.2) is 36.9 Å². The summed E-state index contributed by atoms with van der Waals surface area (Å²) < 4.78 is 33.4. The van der Waals surface area contributed by atoms with Gasteiger partial charge in [0.2, 0.25) is 10.0 Å². The molecule has 0 N–H and O–H groups in total. The molecule has 1 aliphatic rings. The van der Waals surface area contributed by atoms with Gasteiger partial charge in [-0.15, -0.1) is 0 Å². The first kappa shape index (κ1) is 17.1. The van der Waals surface area contributed by atoms with Crippen molar-refractivity contribution in [1.29, 1.82) is 0 Å². The van der Waals surface area contributed by atoms with Crippen molar-refractivity contribution in [1.82, 2.24) is 9.29 Å². The molecule has 1 aliphatic heterocycles. The van der Waals surface area contributed by atoms with Gasteiger partial charge in [0.1, 0.15) is 0 Å². The van der Waals surface area contributed by atoms with Crippen molar-refractivity contribution >= 4 is 10.0 Å². The van der Waals surface area contributed by atoms with Crippen LogP contribution in [0.2, 0.25) is 0 Å². The summed E-state index contributed by atoms with van der Waals surface area (Å²) in [4.78, 5) is 4.52. The van der Waals surface area contributed by atoms with E-state index in [-0.39, 0.29) is 12.2 Å². The van der Waals surface area contributed by atoms with Crippen molar-refractivity contribution in [3.8, 4) is 0 Å². The summed E-state index contributed by atoms with van der Waals surface area (Å²) in [5.41, 5.74) is 2.88. The van der Waals surface area contributed by atoms with Crippen molar-refractivity contribution in [2.75, 3.05) is 13.1 Å². The average molecular weight is 346 g/mol. The number of morpholine rings is 1. The standard InChI is InChI=1S/C18H22N2O3S/c1-13-4-6-17(7-5-13)24(21,22)20-11-15(3)23-18(12-20)16-8-9-19-14(2)10-16/h4-10,15,18H,11-12H2,1-3H3/t15-,18-/m1/s1. The lowest BCUT2D eigenvalue weighted by Crippen LogP contribution is -2.45. The topological polar surface area (TPSA) is 59.5 Å². The summed E-state index contributed by atoms with van der Waals surface area (Å²) in [7, 11) is -3.53. The summed E-state index contributed by atoms with van der Waals surface area (Å²) in [6, 6.07) is 10.8. The third kappa shape index (κ3) is 3.50. The first-order chi connectivity index (χ1) is 11.4. The molecule has 0 unspecified atom stereocenters. The van der Waals surface area contributed by atoms with E-state index in [0.717, 1.165) is 16.8 Å². The maximum absolute atomic E-state index is 12.9. The molecule has 0 spiro atoms. The van der Waals surface area contributed by atoms with Gasteiger partial charge in [-0.3, -0.25) is 4.98 Å². The molecule has 1 aromatic heterocycles. The molecule has 2 atom stereocenters. The molecule has 128 valence electrons. The molecular weight excluding hydrogens is 324 g/mol. The van der Waals surface area contributed by atoms with Gasteiger partial charge in [-0.05, 0) is 50.6 Å². The first-order valence-corrected chi connectivity index (χ1v) is 9.45. The number of pyridine rings is 1. The fourth-order valence-electron chi connectivity index (χ4n) is 2.92. The Morgan fingerprint density at radius 3 is 2.50 bits per heavy atom. The second-order valence-electron chi connectivity index (χ2n) is 6.30. The van der Waals surface area contributed by atoms with E-state index < -0.39 is 10.0 Å². The van der Waals surface area contributed by atoms with Crippen molar-refractivity contribution in [2.45, 2.75) is 37.9 Å². The SMILES string of the molecule is Cc1ccc(S(=O)(=O)N2C[C@@H](C)O[C@@H](c3ccnc(C)c3)C2)cc1. The van der Waals surface area contributed by atoms with Gasteiger partial charge >= 0.3 is 0 Å². The molecule has 2 aromatic rings. The van der Waals surface area contributed by atoms with Gasteiger partial charge in [0, 0.05) is 25.0 Å². The molecular formula is C18H22N2O3S. The molecule has 0 aliphatic carbocycles. The third-order valence-electron chi connectivity index (χ3n) is 4.18. The number of ether oxygens (including phenoxy) is 1. The van der Waals surface area contributed by atoms with E-state index in [1.807, 2.05) is 45.0 Å². The zero-order valence-electron chi connectivity index (χ0n) is 14.1. The molecule has 1 fully saturated rings. The number of hydrogen-bond acceptors (Lipinski definition) is 4. The highest BCUT2D eigenvalue weighted by Crippen LogP contribution is 2.29. The number of benzene rings is 1. The highest BCUT2D eigenvalue weighted by Gasteiger charge is 2.34. The van der Waals surface area contributed by atoms with Gasteiger partial charge < -0.3 is 4.74 Å². The summed E-state index contributed by atoms with van der Waals surface area (Å²) in [5, 5.41) is 0. The first-order valence-electron chi connectivity index (χ1n) is 8.01. The molecule has 0 saturated carbocycles. The van der Waals surface area contributed by atoms with E-state index in [1.165, 1.54) is 4.31 Å². The molecule has 5 nitrogen and oxygen atoms in total. The Bertz CT molecular complexity index is 818. The summed E-state index contributed by atoms with van der Waals surface area (Å²) in [6.07, 6.45) is 1.28. The lowest BCUT2D eigenvalue weighted by Gasteiger charge is -2.36. The van der Waals surface area contributed by atoms with E-state index >= 15 is 0 Å². The van der Waals surface area contributed by atoms with Crippen molar-refractivity contribution in [3.63, 3.8) is 0 Å². The molecule has 3 rings (SSSR count). The zero-order chi connectivity index (χ0) is 17.3. The number of aryl methyl sites for hydroxylation is 2. The molecule has 1 saturated heterocycles. The Kier molecular flexibility index (Phi) is 4.71. The lowest BCUT2D eigenvalue weighted by atomic mass is 10.1. The molecule has 0 radical (unpaired) electrons. The van der Waals surface area contributed by atoms with Gasteiger partial charge in [0.15, 0.2) is 0 Å². The molecule has 0 amide bonds. The Labute approximate surface area is 143 Å². The van der Waals surface area contributed by atoms with Gasteiger partial charge in [0.05, 0.1) is 17.1 Å². The number of sulfonamides is 1. The Morgan fingerprint density at radius 2 is 1.83 bits per heavy atom. The van der Waals surface area contributed by atoms with Crippen molar-refractivity contribution < 1.29 is 13.2 Å². The Morgan fingerprint density at radius 1 is 1.12 bits per heavy atom. The number of aromatic nitrogens is 1. The predicted octanol–water partition coefficient (Wildman–Crippen LogP) is 2.85. The molecule has 2 heterocycles. The average Bonchev–Trinajstić information content (AvgIpc) is 2.54. The summed E-state index contributed by atoms with van der Waals surface area (Å²) >= 11 is 0. The second-order valence-corrected chi connectivity index (χ2v) is 8.24. The van der Waals surface area contributed by atoms with Crippen LogP contribution in [-0.2, 0) is 14.8 Å². The van der Waals surface area contributed by atoms with Crippen LogP contribution in [0.15, 0.2) is 47.5 Å². The van der Waals surface area contributed by atoms with Crippen LogP contribution in [0.1, 0.15) is 29.8 Å². The fourth-order valence-corrected chi connectivity index (χ4v) is 4.44. The maximum Gasteiger partial charge on any atom is 0.243 e. The molecule has 1 aromatic carbocycles. The van der Waals surface area contributed by atoms with Crippen LogP contribution in [0.3, 0.4) is 0 Å². The highest BCUT2D eigenvalue weighted by molar-refractivity contribution is 7.89. The fraction of sp³-hybridized carbons (Fsp3) is 0.389. The smallest absolute Gasteiger partial charge is 0.243 e. The minimum atomic E-state index is -3.53. The summed E-state index contributed by atoms with van der Waals surface area (Å²) in [6.45, 7) is 6.42. The zero-order valence-corrected chi connectivity index (χ0v) is 15.0. The number of nitrogens with zero attached hydrogens (tertiary/aromatic N) is 2. The minimum absolute atomic E-state index is 0.169. The van der Waals surface area contributed by atoms with Crippen LogP contribution >= 0.6 is 0 Å². The quantitative estimate of drug-likeness (QED) is 0.857. The lowest BCUT2D eigenvalue weighted by molar-refractivity contribution is -0.0557. The Hall–Kier alpha value is -1.76. The molecule has 24 heavy (non-hydrogen) atoms. The highest BCUT2D eigenvalue weighted by atomic mass is 32.2. The summed E-state index contributed by atoms with van der Waals surface area (Å²) in [5.74, 6) is 0. The van der Waals surface area contributed by atoms with E-state index in [4.69, 9.17) is 4.74 Å². The van der Waals surface area contributed by atoms with E-state index in [1.54, 1.807) is 18.3 Å². The third-order valence-corrected chi connectivity index (χ3v) is 6.02. The second kappa shape index (κ2) is 6.63. The largest absolute Gasteiger partial charge is 0.368 e. The van der Waals surface area contributed by atoms with E-state index in [2.05, 4.69) is 4.98 Å². The van der Waals surface area contributed by atoms with Gasteiger partial charge in [0.25, 0.3) is 0 Å². The van der Waals surface area contributed by atoms with Crippen molar-refractivity contribution in [2.24, 2.45) is 0 Å². The minimum Gasteiger partial charge on any atom is -0.368 e. The van der Waals surface area contributed by atoms with Crippen LogP contribution in [0.5, 0.6) is 0 Å². The van der Waals surface area contributed by atoms with Crippen LogP contribution in [0, 0.1) is 13.8 Å². The monoisotopic (exact) mass is 346 g/mol. The van der Waals surface area contributed by atoms with Crippen LogP contribution < -0.4 is 0 Å². The van der Waals surface area contributed by atoms with Gasteiger partial charge in [-0.1, -0.05) is 17.7 Å².